The van der Waals surface area contributed by atoms with Gasteiger partial charge in [0, 0.05) is 6.92 Å². The number of ether oxygens (including phenoxy) is 1. The molecule has 4 rings (SSSR count). The zero-order chi connectivity index (χ0) is 23.3. The van der Waals surface area contributed by atoms with E-state index in [0.29, 0.717) is 11.3 Å². The first kappa shape index (κ1) is 24.6. The average Bonchev–Trinajstić information content (AvgIpc) is 3.05. The highest BCUT2D eigenvalue weighted by atomic mass is 16.6. The van der Waals surface area contributed by atoms with Gasteiger partial charge in [0.05, 0.1) is 6.10 Å². The predicted octanol–water partition coefficient (Wildman–Crippen LogP) is 7.01. The summed E-state index contributed by atoms with van der Waals surface area (Å²) in [5, 5.41) is 10.9. The molecule has 0 unspecified atom stereocenters. The summed E-state index contributed by atoms with van der Waals surface area (Å²) in [6.07, 6.45) is 13.2. The van der Waals surface area contributed by atoms with Crippen molar-refractivity contribution in [2.45, 2.75) is 124 Å². The third-order valence-electron chi connectivity index (χ3n) is 11.2. The van der Waals surface area contributed by atoms with Crippen molar-refractivity contribution in [2.24, 2.45) is 52.3 Å². The van der Waals surface area contributed by atoms with Crippen LogP contribution in [0.15, 0.2) is 0 Å². The lowest BCUT2D eigenvalue weighted by molar-refractivity contribution is -0.182. The fraction of sp³-hybridized carbons (Fsp3) is 0.966. The van der Waals surface area contributed by atoms with Crippen molar-refractivity contribution in [1.29, 1.82) is 0 Å². The number of hydrogen-bond donors (Lipinski definition) is 1. The highest BCUT2D eigenvalue weighted by molar-refractivity contribution is 5.66. The van der Waals surface area contributed by atoms with Gasteiger partial charge in [-0.1, -0.05) is 53.9 Å². The number of esters is 1. The Bertz CT molecular complexity index is 673. The zero-order valence-corrected chi connectivity index (χ0v) is 21.7. The molecule has 4 saturated carbocycles. The Labute approximate surface area is 197 Å². The van der Waals surface area contributed by atoms with Gasteiger partial charge in [-0.15, -0.1) is 0 Å². The van der Waals surface area contributed by atoms with Crippen molar-refractivity contribution in [2.75, 3.05) is 0 Å². The number of aliphatic hydroxyl groups is 1. The van der Waals surface area contributed by atoms with Crippen LogP contribution in [-0.2, 0) is 9.53 Å². The van der Waals surface area contributed by atoms with E-state index in [1.54, 1.807) is 0 Å². The van der Waals surface area contributed by atoms with Crippen molar-refractivity contribution >= 4 is 5.97 Å². The largest absolute Gasteiger partial charge is 0.460 e. The molecule has 0 aromatic carbocycles. The van der Waals surface area contributed by atoms with Crippen LogP contribution in [0, 0.1) is 52.3 Å². The molecule has 184 valence electrons. The van der Waals surface area contributed by atoms with Crippen LogP contribution in [0.5, 0.6) is 0 Å². The summed E-state index contributed by atoms with van der Waals surface area (Å²) in [5.74, 6) is 5.37. The summed E-state index contributed by atoms with van der Waals surface area (Å²) in [6, 6.07) is 0. The molecule has 4 aliphatic rings. The van der Waals surface area contributed by atoms with E-state index >= 15 is 0 Å². The van der Waals surface area contributed by atoms with E-state index in [1.807, 2.05) is 0 Å². The summed E-state index contributed by atoms with van der Waals surface area (Å²) in [5.41, 5.74) is 0.733. The second-order valence-electron chi connectivity index (χ2n) is 13.3. The van der Waals surface area contributed by atoms with Gasteiger partial charge in [0.2, 0.25) is 0 Å². The van der Waals surface area contributed by atoms with E-state index < -0.39 is 6.10 Å². The van der Waals surface area contributed by atoms with Gasteiger partial charge in [0.25, 0.3) is 0 Å². The van der Waals surface area contributed by atoms with Crippen molar-refractivity contribution in [3.8, 4) is 0 Å². The molecule has 3 heteroatoms. The van der Waals surface area contributed by atoms with E-state index in [1.165, 1.54) is 64.7 Å². The Morgan fingerprint density at radius 3 is 2.41 bits per heavy atom. The van der Waals surface area contributed by atoms with Crippen LogP contribution in [0.4, 0.5) is 0 Å². The van der Waals surface area contributed by atoms with E-state index in [2.05, 4.69) is 34.6 Å². The first-order valence-corrected chi connectivity index (χ1v) is 13.9. The molecule has 4 aliphatic carbocycles. The number of hydrogen-bond acceptors (Lipinski definition) is 3. The Balaban J connectivity index is 1.46. The summed E-state index contributed by atoms with van der Waals surface area (Å²) in [6.45, 7) is 13.9. The highest BCUT2D eigenvalue weighted by Crippen LogP contribution is 2.68. The van der Waals surface area contributed by atoms with Gasteiger partial charge in [-0.05, 0) is 104 Å². The molecule has 1 N–H and O–H groups in total. The minimum atomic E-state index is -0.496. The third-order valence-corrected chi connectivity index (χ3v) is 11.2. The number of rotatable bonds is 6. The van der Waals surface area contributed by atoms with Crippen LogP contribution in [0.1, 0.15) is 112 Å². The van der Waals surface area contributed by atoms with E-state index in [9.17, 15) is 9.90 Å². The summed E-state index contributed by atoms with van der Waals surface area (Å²) >= 11 is 0. The minimum absolute atomic E-state index is 0.210. The molecule has 4 fully saturated rings. The fourth-order valence-electron chi connectivity index (χ4n) is 9.62. The maximum absolute atomic E-state index is 11.5. The van der Waals surface area contributed by atoms with E-state index in [4.69, 9.17) is 4.74 Å². The average molecular weight is 447 g/mol. The highest BCUT2D eigenvalue weighted by Gasteiger charge is 2.61. The third kappa shape index (κ3) is 4.29. The number of fused-ring (bicyclic) bond motifs is 5. The Morgan fingerprint density at radius 2 is 1.72 bits per heavy atom. The fourth-order valence-corrected chi connectivity index (χ4v) is 9.62. The molecule has 0 aliphatic heterocycles. The van der Waals surface area contributed by atoms with Crippen LogP contribution >= 0.6 is 0 Å². The Morgan fingerprint density at radius 1 is 1.00 bits per heavy atom. The second-order valence-corrected chi connectivity index (χ2v) is 13.3. The maximum atomic E-state index is 11.5. The molecular formula is C29H50O3. The molecule has 3 nitrogen and oxygen atoms in total. The van der Waals surface area contributed by atoms with Gasteiger partial charge in [0.1, 0.15) is 6.10 Å². The topological polar surface area (TPSA) is 46.5 Å². The van der Waals surface area contributed by atoms with Crippen molar-refractivity contribution < 1.29 is 14.6 Å². The lowest BCUT2D eigenvalue weighted by Gasteiger charge is -2.61. The van der Waals surface area contributed by atoms with Gasteiger partial charge in [-0.3, -0.25) is 4.79 Å². The lowest BCUT2D eigenvalue weighted by atomic mass is 9.44. The van der Waals surface area contributed by atoms with Gasteiger partial charge < -0.3 is 9.84 Å². The van der Waals surface area contributed by atoms with Crippen LogP contribution < -0.4 is 0 Å². The smallest absolute Gasteiger partial charge is 0.302 e. The van der Waals surface area contributed by atoms with E-state index in [-0.39, 0.29) is 17.5 Å². The zero-order valence-electron chi connectivity index (χ0n) is 21.7. The molecule has 0 radical (unpaired) electrons. The number of carbonyl (C=O) groups is 1. The number of carbonyl (C=O) groups excluding carboxylic acids is 1. The number of aliphatic hydroxyl groups excluding tert-OH is 1. The van der Waals surface area contributed by atoms with E-state index in [0.717, 1.165) is 48.3 Å². The van der Waals surface area contributed by atoms with Gasteiger partial charge in [0.15, 0.2) is 0 Å². The molecule has 0 heterocycles. The molecule has 0 amide bonds. The molecule has 32 heavy (non-hydrogen) atoms. The maximum Gasteiger partial charge on any atom is 0.302 e. The van der Waals surface area contributed by atoms with Gasteiger partial charge >= 0.3 is 5.97 Å². The Hall–Kier alpha value is -0.570. The summed E-state index contributed by atoms with van der Waals surface area (Å²) in [4.78, 5) is 11.5. The quantitative estimate of drug-likeness (QED) is 0.446. The molecular weight excluding hydrogens is 396 g/mol. The first-order chi connectivity index (χ1) is 15.1. The predicted molar refractivity (Wildman–Crippen MR) is 130 cm³/mol. The van der Waals surface area contributed by atoms with Crippen LogP contribution in [0.25, 0.3) is 0 Å². The molecule has 0 aromatic rings. The SMILES string of the molecule is CC(=O)O[C@@H]1C[C@@H]2CC[C@@H]3[C@H](CC[C@]4(C)[C@@H]([C@H](C)CCCC(C)C)CC[C@@H]34)[C@@]2(C)C[C@H]1O. The summed E-state index contributed by atoms with van der Waals surface area (Å²) in [7, 11) is 0. The van der Waals surface area contributed by atoms with Gasteiger partial charge in [-0.2, -0.15) is 0 Å². The molecule has 0 spiro atoms. The van der Waals surface area contributed by atoms with Crippen LogP contribution in [0.3, 0.4) is 0 Å². The van der Waals surface area contributed by atoms with Crippen molar-refractivity contribution in [3.63, 3.8) is 0 Å². The molecule has 0 aromatic heterocycles. The standard InChI is InChI=1S/C29H50O3/c1-18(2)8-7-9-19(3)23-12-13-24-22-11-10-21-16-27(32-20(4)30)26(31)17-29(21,6)25(22)14-15-28(23,24)5/h18-19,21-27,31H,7-17H2,1-6H3/t19-,21+,22+,23-,24+,25+,26-,27-,28-,29+/m1/s1. The van der Waals surface area contributed by atoms with Gasteiger partial charge in [-0.25, -0.2) is 0 Å². The van der Waals surface area contributed by atoms with Crippen LogP contribution in [-0.4, -0.2) is 23.3 Å². The van der Waals surface area contributed by atoms with Crippen LogP contribution in [0.2, 0.25) is 0 Å². The molecule has 0 saturated heterocycles. The monoisotopic (exact) mass is 446 g/mol. The van der Waals surface area contributed by atoms with Crippen molar-refractivity contribution in [3.05, 3.63) is 0 Å². The van der Waals surface area contributed by atoms with Crippen molar-refractivity contribution in [1.82, 2.24) is 0 Å². The second kappa shape index (κ2) is 9.23. The first-order valence-electron chi connectivity index (χ1n) is 13.9. The molecule has 0 bridgehead atoms. The lowest BCUT2D eigenvalue weighted by Crippen LogP contribution is -2.57. The molecule has 10 atom stereocenters. The summed E-state index contributed by atoms with van der Waals surface area (Å²) < 4.78 is 5.52. The minimum Gasteiger partial charge on any atom is -0.460 e. The Kier molecular flexibility index (Phi) is 7.08. The normalized spacial score (nSPS) is 46.8.